The van der Waals surface area contributed by atoms with Crippen LogP contribution in [0.2, 0.25) is 15.1 Å². The van der Waals surface area contributed by atoms with Crippen LogP contribution in [0.4, 0.5) is 24.5 Å². The van der Waals surface area contributed by atoms with Crippen molar-refractivity contribution in [2.24, 2.45) is 0 Å². The van der Waals surface area contributed by atoms with Crippen LogP contribution in [-0.4, -0.2) is 23.5 Å². The van der Waals surface area contributed by atoms with E-state index in [0.29, 0.717) is 21.7 Å². The summed E-state index contributed by atoms with van der Waals surface area (Å²) in [4.78, 5) is 39.1. The molecule has 3 amide bonds. The van der Waals surface area contributed by atoms with E-state index in [2.05, 4.69) is 16.0 Å². The predicted octanol–water partition coefficient (Wildman–Crippen LogP) is 8.81. The van der Waals surface area contributed by atoms with Crippen LogP contribution in [0.3, 0.4) is 0 Å². The fraction of sp³-hybridized carbons (Fsp3) is 0.0645. The molecule has 0 saturated carbocycles. The number of benzene rings is 4. The maximum atomic E-state index is 13.3. The lowest BCUT2D eigenvalue weighted by molar-refractivity contribution is -0.137. The highest BCUT2D eigenvalue weighted by molar-refractivity contribution is 8.00. The molecule has 13 heteroatoms. The van der Waals surface area contributed by atoms with Crippen molar-refractivity contribution in [3.8, 4) is 0 Å². The summed E-state index contributed by atoms with van der Waals surface area (Å²) in [7, 11) is 0. The Morgan fingerprint density at radius 2 is 1.50 bits per heavy atom. The lowest BCUT2D eigenvalue weighted by Gasteiger charge is -2.13. The number of anilines is 2. The van der Waals surface area contributed by atoms with Gasteiger partial charge in [0, 0.05) is 16.1 Å². The molecule has 4 aromatic rings. The summed E-state index contributed by atoms with van der Waals surface area (Å²) in [6.45, 7) is 0. The summed E-state index contributed by atoms with van der Waals surface area (Å²) in [5.41, 5.74) is -0.0375. The van der Waals surface area contributed by atoms with E-state index in [0.717, 1.165) is 30.0 Å². The molecule has 0 atom stereocenters. The monoisotopic (exact) mass is 677 g/mol. The fourth-order valence-corrected chi connectivity index (χ4v) is 4.92. The SMILES string of the molecule is O=C(CSc1ccc(NC(=O)/C(=C/c2cccc(Cl)c2Cl)NC(=O)c2ccccc2)cc1)Nc1cc(C(F)(F)F)ccc1Cl. The molecule has 4 aromatic carbocycles. The number of rotatable bonds is 9. The second-order valence-corrected chi connectivity index (χ2v) is 11.3. The van der Waals surface area contributed by atoms with Gasteiger partial charge in [0.2, 0.25) is 5.91 Å². The Kier molecular flexibility index (Phi) is 11.0. The number of alkyl halides is 3. The van der Waals surface area contributed by atoms with E-state index in [4.69, 9.17) is 34.8 Å². The van der Waals surface area contributed by atoms with Crippen LogP contribution < -0.4 is 16.0 Å². The molecule has 44 heavy (non-hydrogen) atoms. The number of nitrogens with one attached hydrogen (secondary N) is 3. The Bertz CT molecular complexity index is 1720. The molecular formula is C31H21Cl3F3N3O3S. The zero-order chi connectivity index (χ0) is 31.9. The summed E-state index contributed by atoms with van der Waals surface area (Å²) in [5.74, 6) is -1.82. The normalized spacial score (nSPS) is 11.5. The van der Waals surface area contributed by atoms with Crippen molar-refractivity contribution in [1.29, 1.82) is 0 Å². The minimum absolute atomic E-state index is 0.0255. The van der Waals surface area contributed by atoms with Crippen LogP contribution in [0.25, 0.3) is 6.08 Å². The van der Waals surface area contributed by atoms with Gasteiger partial charge in [-0.25, -0.2) is 0 Å². The zero-order valence-electron chi connectivity index (χ0n) is 22.3. The molecule has 0 aliphatic rings. The van der Waals surface area contributed by atoms with E-state index in [-0.39, 0.29) is 32.2 Å². The second kappa shape index (κ2) is 14.7. The largest absolute Gasteiger partial charge is 0.416 e. The lowest BCUT2D eigenvalue weighted by Crippen LogP contribution is -2.30. The molecule has 0 saturated heterocycles. The smallest absolute Gasteiger partial charge is 0.324 e. The Balaban J connectivity index is 1.42. The lowest BCUT2D eigenvalue weighted by atomic mass is 10.1. The van der Waals surface area contributed by atoms with Crippen LogP contribution >= 0.6 is 46.6 Å². The third kappa shape index (κ3) is 9.03. The van der Waals surface area contributed by atoms with Crippen molar-refractivity contribution >= 4 is 81.7 Å². The van der Waals surface area contributed by atoms with Crippen molar-refractivity contribution in [2.75, 3.05) is 16.4 Å². The molecule has 0 bridgehead atoms. The van der Waals surface area contributed by atoms with Crippen molar-refractivity contribution in [3.05, 3.63) is 128 Å². The van der Waals surface area contributed by atoms with Gasteiger partial charge in [-0.3, -0.25) is 14.4 Å². The zero-order valence-corrected chi connectivity index (χ0v) is 25.4. The van der Waals surface area contributed by atoms with Crippen molar-refractivity contribution in [1.82, 2.24) is 5.32 Å². The van der Waals surface area contributed by atoms with Gasteiger partial charge in [-0.2, -0.15) is 13.2 Å². The third-order valence-electron chi connectivity index (χ3n) is 5.86. The van der Waals surface area contributed by atoms with Gasteiger partial charge < -0.3 is 16.0 Å². The summed E-state index contributed by atoms with van der Waals surface area (Å²) in [5, 5.41) is 8.16. The molecule has 0 heterocycles. The molecule has 0 radical (unpaired) electrons. The van der Waals surface area contributed by atoms with E-state index >= 15 is 0 Å². The number of thioether (sulfide) groups is 1. The van der Waals surface area contributed by atoms with Crippen LogP contribution in [0.1, 0.15) is 21.5 Å². The van der Waals surface area contributed by atoms with Crippen LogP contribution in [0, 0.1) is 0 Å². The number of carbonyl (C=O) groups is 3. The van der Waals surface area contributed by atoms with Gasteiger partial charge in [0.1, 0.15) is 5.70 Å². The molecule has 0 unspecified atom stereocenters. The fourth-order valence-electron chi connectivity index (χ4n) is 3.70. The molecule has 4 rings (SSSR count). The first kappa shape index (κ1) is 32.9. The number of carbonyl (C=O) groups excluding carboxylic acids is 3. The Labute approximate surface area is 269 Å². The highest BCUT2D eigenvalue weighted by Gasteiger charge is 2.31. The van der Waals surface area contributed by atoms with E-state index in [9.17, 15) is 27.6 Å². The summed E-state index contributed by atoms with van der Waals surface area (Å²) in [6.07, 6.45) is -3.17. The molecule has 0 aliphatic carbocycles. The first-order valence-electron chi connectivity index (χ1n) is 12.6. The number of hydrogen-bond donors (Lipinski definition) is 3. The van der Waals surface area contributed by atoms with Crippen LogP contribution in [-0.2, 0) is 15.8 Å². The van der Waals surface area contributed by atoms with Crippen molar-refractivity contribution in [3.63, 3.8) is 0 Å². The topological polar surface area (TPSA) is 87.3 Å². The Morgan fingerprint density at radius 1 is 0.795 bits per heavy atom. The Hall–Kier alpha value is -3.96. The van der Waals surface area contributed by atoms with Crippen LogP contribution in [0.15, 0.2) is 102 Å². The van der Waals surface area contributed by atoms with Crippen LogP contribution in [0.5, 0.6) is 0 Å². The summed E-state index contributed by atoms with van der Waals surface area (Å²) < 4.78 is 39.0. The molecular weight excluding hydrogens is 658 g/mol. The van der Waals surface area contributed by atoms with Gasteiger partial charge in [-0.05, 0) is 72.3 Å². The van der Waals surface area contributed by atoms with Gasteiger partial charge in [0.25, 0.3) is 11.8 Å². The van der Waals surface area contributed by atoms with E-state index in [1.54, 1.807) is 72.8 Å². The summed E-state index contributed by atoms with van der Waals surface area (Å²) >= 11 is 19.5. The molecule has 0 aliphatic heterocycles. The molecule has 3 N–H and O–H groups in total. The van der Waals surface area contributed by atoms with E-state index < -0.39 is 29.5 Å². The van der Waals surface area contributed by atoms with Gasteiger partial charge >= 0.3 is 6.18 Å². The minimum Gasteiger partial charge on any atom is -0.324 e. The highest BCUT2D eigenvalue weighted by Crippen LogP contribution is 2.34. The maximum Gasteiger partial charge on any atom is 0.416 e. The molecule has 6 nitrogen and oxygen atoms in total. The van der Waals surface area contributed by atoms with E-state index in [1.165, 1.54) is 6.08 Å². The quantitative estimate of drug-likeness (QED) is 0.122. The molecule has 0 aromatic heterocycles. The van der Waals surface area contributed by atoms with Gasteiger partial charge in [0.15, 0.2) is 0 Å². The number of amides is 3. The number of halogens is 6. The molecule has 0 spiro atoms. The maximum absolute atomic E-state index is 13.3. The molecule has 0 fully saturated rings. The summed E-state index contributed by atoms with van der Waals surface area (Å²) in [6, 6.07) is 22.3. The number of hydrogen-bond acceptors (Lipinski definition) is 4. The standard InChI is InChI=1S/C31H21Cl3F3N3O3S/c32-23-14-9-20(31(35,36)37)16-25(23)39-27(41)17-44-22-12-10-21(11-13-22)38-30(43)26(15-19-7-4-8-24(33)28(19)34)40-29(42)18-5-2-1-3-6-18/h1-16H,17H2,(H,38,43)(H,39,41)(H,40,42)/b26-15-. The van der Waals surface area contributed by atoms with E-state index in [1.807, 2.05) is 0 Å². The molecule has 226 valence electrons. The average Bonchev–Trinajstić information content (AvgIpc) is 2.99. The first-order chi connectivity index (χ1) is 20.9. The predicted molar refractivity (Wildman–Crippen MR) is 169 cm³/mol. The second-order valence-electron chi connectivity index (χ2n) is 9.03. The van der Waals surface area contributed by atoms with Gasteiger partial charge in [0.05, 0.1) is 32.1 Å². The highest BCUT2D eigenvalue weighted by atomic mass is 35.5. The Morgan fingerprint density at radius 3 is 2.18 bits per heavy atom. The average molecular weight is 679 g/mol. The van der Waals surface area contributed by atoms with Crippen molar-refractivity contribution in [2.45, 2.75) is 11.1 Å². The van der Waals surface area contributed by atoms with Gasteiger partial charge in [-0.1, -0.05) is 65.1 Å². The first-order valence-corrected chi connectivity index (χ1v) is 14.8. The van der Waals surface area contributed by atoms with Gasteiger partial charge in [-0.15, -0.1) is 11.8 Å². The minimum atomic E-state index is -4.58. The third-order valence-corrected chi connectivity index (χ3v) is 8.04. The van der Waals surface area contributed by atoms with Crippen molar-refractivity contribution < 1.29 is 27.6 Å².